The molecule has 7 heteroatoms. The van der Waals surface area contributed by atoms with E-state index in [1.807, 2.05) is 6.07 Å². The lowest BCUT2D eigenvalue weighted by atomic mass is 10.1. The van der Waals surface area contributed by atoms with Crippen LogP contribution in [-0.2, 0) is 6.54 Å². The van der Waals surface area contributed by atoms with Crippen molar-refractivity contribution < 1.29 is 18.8 Å². The maximum Gasteiger partial charge on any atom is 0.261 e. The summed E-state index contributed by atoms with van der Waals surface area (Å²) in [5, 5.41) is 11.5. The first kappa shape index (κ1) is 17.2. The second kappa shape index (κ2) is 6.85. The molecule has 0 atom stereocenters. The number of rotatable bonds is 4. The fourth-order valence-corrected chi connectivity index (χ4v) is 2.97. The number of imide groups is 1. The molecule has 28 heavy (non-hydrogen) atoms. The number of fused-ring (bicyclic) bond motifs is 1. The van der Waals surface area contributed by atoms with Crippen LogP contribution in [0.1, 0.15) is 42.4 Å². The number of hydrogen-bond acceptors (Lipinski definition) is 5. The van der Waals surface area contributed by atoms with E-state index in [0.29, 0.717) is 17.0 Å². The van der Waals surface area contributed by atoms with E-state index in [-0.39, 0.29) is 23.2 Å². The Kier molecular flexibility index (Phi) is 4.22. The molecule has 0 saturated heterocycles. The number of anilines is 1. The van der Waals surface area contributed by atoms with Crippen molar-refractivity contribution >= 4 is 23.4 Å². The van der Waals surface area contributed by atoms with Crippen LogP contribution in [0.2, 0.25) is 0 Å². The number of nitrogens with one attached hydrogen (secondary N) is 1. The zero-order valence-electron chi connectivity index (χ0n) is 14.5. The molecule has 0 unspecified atom stereocenters. The van der Waals surface area contributed by atoms with Crippen LogP contribution in [0.4, 0.5) is 5.69 Å². The monoisotopic (exact) mass is 371 g/mol. The molecule has 1 aliphatic rings. The van der Waals surface area contributed by atoms with E-state index in [2.05, 4.69) is 5.32 Å². The van der Waals surface area contributed by atoms with Gasteiger partial charge < -0.3 is 9.73 Å². The Bertz CT molecular complexity index is 1130. The van der Waals surface area contributed by atoms with Crippen molar-refractivity contribution in [2.45, 2.75) is 6.54 Å². The molecular weight excluding hydrogens is 358 g/mol. The molecule has 0 saturated carbocycles. The van der Waals surface area contributed by atoms with E-state index < -0.39 is 17.7 Å². The lowest BCUT2D eigenvalue weighted by Crippen LogP contribution is -2.28. The summed E-state index contributed by atoms with van der Waals surface area (Å²) in [6.07, 6.45) is 1.47. The molecule has 0 bridgehead atoms. The van der Waals surface area contributed by atoms with Gasteiger partial charge in [-0.1, -0.05) is 0 Å². The van der Waals surface area contributed by atoms with Crippen LogP contribution < -0.4 is 5.32 Å². The van der Waals surface area contributed by atoms with E-state index in [9.17, 15) is 14.4 Å². The average Bonchev–Trinajstić information content (AvgIpc) is 3.31. The van der Waals surface area contributed by atoms with Gasteiger partial charge in [-0.25, -0.2) is 0 Å². The van der Waals surface area contributed by atoms with Crippen LogP contribution in [0.3, 0.4) is 0 Å². The van der Waals surface area contributed by atoms with Gasteiger partial charge in [0.1, 0.15) is 5.76 Å². The van der Waals surface area contributed by atoms with E-state index in [1.165, 1.54) is 24.5 Å². The highest BCUT2D eigenvalue weighted by atomic mass is 16.3. The molecule has 0 spiro atoms. The second-order valence-electron chi connectivity index (χ2n) is 6.18. The summed E-state index contributed by atoms with van der Waals surface area (Å²) in [6.45, 7) is 0.0338. The predicted octanol–water partition coefficient (Wildman–Crippen LogP) is 3.20. The Morgan fingerprint density at radius 3 is 2.46 bits per heavy atom. The average molecular weight is 371 g/mol. The first-order chi connectivity index (χ1) is 13.6. The minimum Gasteiger partial charge on any atom is -0.467 e. The molecule has 0 aliphatic carbocycles. The quantitative estimate of drug-likeness (QED) is 0.709. The molecule has 1 aliphatic heterocycles. The van der Waals surface area contributed by atoms with E-state index in [1.54, 1.807) is 36.4 Å². The van der Waals surface area contributed by atoms with Crippen LogP contribution in [0.5, 0.6) is 0 Å². The van der Waals surface area contributed by atoms with Gasteiger partial charge in [-0.2, -0.15) is 5.26 Å². The third-order valence-electron chi connectivity index (χ3n) is 4.40. The zero-order chi connectivity index (χ0) is 19.7. The van der Waals surface area contributed by atoms with Crippen LogP contribution in [0.25, 0.3) is 0 Å². The lowest BCUT2D eigenvalue weighted by Gasteiger charge is -2.11. The van der Waals surface area contributed by atoms with E-state index >= 15 is 0 Å². The zero-order valence-corrected chi connectivity index (χ0v) is 14.5. The summed E-state index contributed by atoms with van der Waals surface area (Å²) in [6, 6.07) is 16.2. The Morgan fingerprint density at radius 2 is 1.79 bits per heavy atom. The first-order valence-electron chi connectivity index (χ1n) is 8.41. The van der Waals surface area contributed by atoms with Gasteiger partial charge in [-0.3, -0.25) is 19.3 Å². The van der Waals surface area contributed by atoms with E-state index in [4.69, 9.17) is 9.68 Å². The molecule has 3 aromatic rings. The van der Waals surface area contributed by atoms with Gasteiger partial charge in [0.15, 0.2) is 0 Å². The summed E-state index contributed by atoms with van der Waals surface area (Å²) < 4.78 is 5.21. The third-order valence-corrected chi connectivity index (χ3v) is 4.40. The van der Waals surface area contributed by atoms with Crippen LogP contribution in [0.15, 0.2) is 65.3 Å². The molecule has 136 valence electrons. The largest absolute Gasteiger partial charge is 0.467 e. The van der Waals surface area contributed by atoms with Gasteiger partial charge in [-0.05, 0) is 54.6 Å². The van der Waals surface area contributed by atoms with Crippen molar-refractivity contribution in [2.24, 2.45) is 0 Å². The number of carbonyl (C=O) groups is 3. The highest BCUT2D eigenvalue weighted by Crippen LogP contribution is 2.26. The Balaban J connectivity index is 1.55. The molecule has 1 N–H and O–H groups in total. The minimum absolute atomic E-state index is 0.0338. The summed E-state index contributed by atoms with van der Waals surface area (Å²) in [5.41, 5.74) is 1.70. The number of nitriles is 1. The molecular formula is C21H13N3O4. The predicted molar refractivity (Wildman–Crippen MR) is 98.5 cm³/mol. The number of hydrogen-bond donors (Lipinski definition) is 1. The van der Waals surface area contributed by atoms with Gasteiger partial charge in [-0.15, -0.1) is 0 Å². The summed E-state index contributed by atoms with van der Waals surface area (Å²) in [5.74, 6) is -0.814. The smallest absolute Gasteiger partial charge is 0.261 e. The number of carbonyl (C=O) groups excluding carboxylic acids is 3. The number of furan rings is 1. The summed E-state index contributed by atoms with van der Waals surface area (Å²) in [4.78, 5) is 38.7. The summed E-state index contributed by atoms with van der Waals surface area (Å²) in [7, 11) is 0. The van der Waals surface area contributed by atoms with Crippen LogP contribution in [-0.4, -0.2) is 22.6 Å². The molecule has 0 radical (unpaired) electrons. The molecule has 4 rings (SSSR count). The topological polar surface area (TPSA) is 103 Å². The third kappa shape index (κ3) is 3.04. The van der Waals surface area contributed by atoms with Gasteiger partial charge in [0.2, 0.25) is 0 Å². The van der Waals surface area contributed by atoms with Gasteiger partial charge in [0, 0.05) is 11.3 Å². The Morgan fingerprint density at radius 1 is 1.04 bits per heavy atom. The minimum atomic E-state index is -0.468. The normalized spacial score (nSPS) is 12.6. The highest BCUT2D eigenvalue weighted by molar-refractivity contribution is 6.22. The molecule has 7 nitrogen and oxygen atoms in total. The van der Waals surface area contributed by atoms with Crippen molar-refractivity contribution in [3.8, 4) is 6.07 Å². The van der Waals surface area contributed by atoms with Gasteiger partial charge in [0.05, 0.1) is 35.6 Å². The standard InChI is InChI=1S/C21H13N3O4/c22-11-13-3-6-15(7-4-13)23-19(25)14-5-8-17-18(10-14)21(27)24(20(17)26)12-16-2-1-9-28-16/h1-10H,12H2,(H,23,25). The fourth-order valence-electron chi connectivity index (χ4n) is 2.97. The maximum absolute atomic E-state index is 12.6. The molecule has 3 amide bonds. The lowest BCUT2D eigenvalue weighted by molar-refractivity contribution is 0.0631. The van der Waals surface area contributed by atoms with E-state index in [0.717, 1.165) is 4.90 Å². The van der Waals surface area contributed by atoms with Crippen LogP contribution >= 0.6 is 0 Å². The number of amides is 3. The van der Waals surface area contributed by atoms with Gasteiger partial charge in [0.25, 0.3) is 17.7 Å². The molecule has 2 heterocycles. The van der Waals surface area contributed by atoms with Gasteiger partial charge >= 0.3 is 0 Å². The van der Waals surface area contributed by atoms with Crippen molar-refractivity contribution in [1.29, 1.82) is 5.26 Å². The van der Waals surface area contributed by atoms with Crippen LogP contribution in [0, 0.1) is 11.3 Å². The number of benzene rings is 2. The highest BCUT2D eigenvalue weighted by Gasteiger charge is 2.36. The maximum atomic E-state index is 12.6. The first-order valence-corrected chi connectivity index (χ1v) is 8.41. The molecule has 1 aromatic heterocycles. The summed E-state index contributed by atoms with van der Waals surface area (Å²) >= 11 is 0. The molecule has 2 aromatic carbocycles. The van der Waals surface area contributed by atoms with Crippen molar-refractivity contribution in [3.05, 3.63) is 88.9 Å². The Hall–Kier alpha value is -4.18. The fraction of sp³-hybridized carbons (Fsp3) is 0.0476. The van der Waals surface area contributed by atoms with Crippen molar-refractivity contribution in [1.82, 2.24) is 4.90 Å². The van der Waals surface area contributed by atoms with Crippen molar-refractivity contribution in [2.75, 3.05) is 5.32 Å². The Labute approximate surface area is 159 Å². The second-order valence-corrected chi connectivity index (χ2v) is 6.18. The molecule has 0 fully saturated rings. The SMILES string of the molecule is N#Cc1ccc(NC(=O)c2ccc3c(c2)C(=O)N(Cc2ccco2)C3=O)cc1. The number of nitrogens with zero attached hydrogens (tertiary/aromatic N) is 2. The van der Waals surface area contributed by atoms with Crippen molar-refractivity contribution in [3.63, 3.8) is 0 Å².